The molecule has 0 aromatic rings. The van der Waals surface area contributed by atoms with Gasteiger partial charge >= 0.3 is 6.03 Å². The molecule has 2 fully saturated rings. The molecule has 7 heteroatoms. The SMILES string of the molecule is CN(C)C(=O)N1CCN(C(=O)C2CC(O)CN2)CC1. The van der Waals surface area contributed by atoms with Crippen molar-refractivity contribution in [1.82, 2.24) is 20.0 Å². The highest BCUT2D eigenvalue weighted by molar-refractivity contribution is 5.82. The second kappa shape index (κ2) is 5.75. The summed E-state index contributed by atoms with van der Waals surface area (Å²) in [5.74, 6) is 0.0357. The number of nitrogens with zero attached hydrogens (tertiary/aromatic N) is 3. The molecule has 2 saturated heterocycles. The highest BCUT2D eigenvalue weighted by atomic mass is 16.3. The van der Waals surface area contributed by atoms with E-state index in [9.17, 15) is 14.7 Å². The van der Waals surface area contributed by atoms with Gasteiger partial charge in [0, 0.05) is 46.8 Å². The number of carbonyl (C=O) groups excluding carboxylic acids is 2. The van der Waals surface area contributed by atoms with Gasteiger partial charge in [-0.2, -0.15) is 0 Å². The maximum Gasteiger partial charge on any atom is 0.319 e. The van der Waals surface area contributed by atoms with Crippen LogP contribution in [0.2, 0.25) is 0 Å². The normalized spacial score (nSPS) is 27.5. The molecule has 108 valence electrons. The summed E-state index contributed by atoms with van der Waals surface area (Å²) in [4.78, 5) is 29.0. The molecule has 0 saturated carbocycles. The van der Waals surface area contributed by atoms with Crippen LogP contribution in [0.1, 0.15) is 6.42 Å². The minimum absolute atomic E-state index is 0.0125. The minimum Gasteiger partial charge on any atom is -0.392 e. The number of amides is 3. The summed E-state index contributed by atoms with van der Waals surface area (Å²) >= 11 is 0. The van der Waals surface area contributed by atoms with E-state index >= 15 is 0 Å². The molecule has 3 amide bonds. The zero-order valence-electron chi connectivity index (χ0n) is 11.5. The molecule has 2 unspecified atom stereocenters. The lowest BCUT2D eigenvalue weighted by Gasteiger charge is -2.36. The van der Waals surface area contributed by atoms with Gasteiger partial charge in [0.1, 0.15) is 0 Å². The van der Waals surface area contributed by atoms with Crippen LogP contribution in [-0.4, -0.2) is 90.7 Å². The van der Waals surface area contributed by atoms with Crippen molar-refractivity contribution in [2.75, 3.05) is 46.8 Å². The summed E-state index contributed by atoms with van der Waals surface area (Å²) in [5.41, 5.74) is 0. The summed E-state index contributed by atoms with van der Waals surface area (Å²) in [6.45, 7) is 2.74. The van der Waals surface area contributed by atoms with Gasteiger partial charge in [0.2, 0.25) is 5.91 Å². The number of hydrogen-bond donors (Lipinski definition) is 2. The Balaban J connectivity index is 1.83. The molecule has 7 nitrogen and oxygen atoms in total. The summed E-state index contributed by atoms with van der Waals surface area (Å²) < 4.78 is 0. The van der Waals surface area contributed by atoms with Crippen molar-refractivity contribution < 1.29 is 14.7 Å². The van der Waals surface area contributed by atoms with Crippen LogP contribution in [-0.2, 0) is 4.79 Å². The van der Waals surface area contributed by atoms with Gasteiger partial charge in [-0.3, -0.25) is 4.79 Å². The summed E-state index contributed by atoms with van der Waals surface area (Å²) in [6.07, 6.45) is 0.0564. The molecule has 2 rings (SSSR count). The van der Waals surface area contributed by atoms with Crippen molar-refractivity contribution in [1.29, 1.82) is 0 Å². The molecule has 2 heterocycles. The second-order valence-corrected chi connectivity index (χ2v) is 5.34. The zero-order chi connectivity index (χ0) is 14.0. The van der Waals surface area contributed by atoms with Crippen molar-refractivity contribution in [2.24, 2.45) is 0 Å². The molecule has 19 heavy (non-hydrogen) atoms. The Morgan fingerprint density at radius 3 is 2.21 bits per heavy atom. The highest BCUT2D eigenvalue weighted by Crippen LogP contribution is 2.12. The van der Waals surface area contributed by atoms with Gasteiger partial charge in [-0.1, -0.05) is 0 Å². The Morgan fingerprint density at radius 2 is 1.74 bits per heavy atom. The van der Waals surface area contributed by atoms with Crippen LogP contribution in [0.25, 0.3) is 0 Å². The first-order valence-electron chi connectivity index (χ1n) is 6.65. The first kappa shape index (κ1) is 14.1. The average Bonchev–Trinajstić information content (AvgIpc) is 2.84. The summed E-state index contributed by atoms with van der Waals surface area (Å²) in [6, 6.07) is -0.285. The van der Waals surface area contributed by atoms with Gasteiger partial charge in [-0.15, -0.1) is 0 Å². The number of urea groups is 1. The van der Waals surface area contributed by atoms with Gasteiger partial charge in [-0.25, -0.2) is 4.79 Å². The van der Waals surface area contributed by atoms with Crippen molar-refractivity contribution in [3.8, 4) is 0 Å². The van der Waals surface area contributed by atoms with Crippen molar-refractivity contribution >= 4 is 11.9 Å². The Kier molecular flexibility index (Phi) is 4.26. The van der Waals surface area contributed by atoms with E-state index in [0.29, 0.717) is 39.1 Å². The van der Waals surface area contributed by atoms with E-state index in [1.165, 1.54) is 0 Å². The topological polar surface area (TPSA) is 76.1 Å². The predicted molar refractivity (Wildman–Crippen MR) is 69.7 cm³/mol. The van der Waals surface area contributed by atoms with Crippen LogP contribution in [0, 0.1) is 0 Å². The number of aliphatic hydroxyl groups is 1. The number of β-amino-alcohol motifs (C(OH)–C–C–N with tert-alkyl or cyclic N) is 1. The molecule has 2 N–H and O–H groups in total. The van der Waals surface area contributed by atoms with Gasteiger partial charge in [0.15, 0.2) is 0 Å². The lowest BCUT2D eigenvalue weighted by atomic mass is 10.1. The molecule has 2 aliphatic heterocycles. The number of piperazine rings is 1. The van der Waals surface area contributed by atoms with Gasteiger partial charge in [-0.05, 0) is 6.42 Å². The molecule has 2 atom stereocenters. The van der Waals surface area contributed by atoms with Crippen molar-refractivity contribution in [3.63, 3.8) is 0 Å². The summed E-state index contributed by atoms with van der Waals surface area (Å²) in [5, 5.41) is 12.5. The van der Waals surface area contributed by atoms with Gasteiger partial charge < -0.3 is 25.1 Å². The number of rotatable bonds is 1. The largest absolute Gasteiger partial charge is 0.392 e. The molecule has 0 aromatic heterocycles. The Hall–Kier alpha value is -1.34. The maximum absolute atomic E-state index is 12.2. The highest BCUT2D eigenvalue weighted by Gasteiger charge is 2.33. The minimum atomic E-state index is -0.425. The van der Waals surface area contributed by atoms with Crippen LogP contribution in [0.15, 0.2) is 0 Å². The first-order valence-corrected chi connectivity index (χ1v) is 6.65. The third-order valence-electron chi connectivity index (χ3n) is 3.65. The Bertz CT molecular complexity index is 353. The molecule has 0 aliphatic carbocycles. The van der Waals surface area contributed by atoms with Crippen LogP contribution < -0.4 is 5.32 Å². The quantitative estimate of drug-likeness (QED) is 0.610. The zero-order valence-corrected chi connectivity index (χ0v) is 11.5. The van der Waals surface area contributed by atoms with Crippen LogP contribution >= 0.6 is 0 Å². The lowest BCUT2D eigenvalue weighted by Crippen LogP contribution is -2.55. The molecule has 0 spiro atoms. The maximum atomic E-state index is 12.2. The molecule has 0 radical (unpaired) electrons. The monoisotopic (exact) mass is 270 g/mol. The Morgan fingerprint density at radius 1 is 1.16 bits per heavy atom. The number of hydrogen-bond acceptors (Lipinski definition) is 4. The van der Waals surface area contributed by atoms with E-state index in [0.717, 1.165) is 0 Å². The average molecular weight is 270 g/mol. The smallest absolute Gasteiger partial charge is 0.319 e. The fourth-order valence-corrected chi connectivity index (χ4v) is 2.53. The third-order valence-corrected chi connectivity index (χ3v) is 3.65. The van der Waals surface area contributed by atoms with E-state index in [-0.39, 0.29) is 18.0 Å². The fraction of sp³-hybridized carbons (Fsp3) is 0.833. The summed E-state index contributed by atoms with van der Waals surface area (Å²) in [7, 11) is 3.45. The third kappa shape index (κ3) is 3.16. The van der Waals surface area contributed by atoms with Gasteiger partial charge in [0.25, 0.3) is 0 Å². The first-order chi connectivity index (χ1) is 8.99. The van der Waals surface area contributed by atoms with Crippen LogP contribution in [0.3, 0.4) is 0 Å². The van der Waals surface area contributed by atoms with Crippen LogP contribution in [0.5, 0.6) is 0 Å². The van der Waals surface area contributed by atoms with E-state index in [1.54, 1.807) is 28.8 Å². The van der Waals surface area contributed by atoms with E-state index in [1.807, 2.05) is 0 Å². The second-order valence-electron chi connectivity index (χ2n) is 5.34. The van der Waals surface area contributed by atoms with Gasteiger partial charge in [0.05, 0.1) is 12.1 Å². The lowest BCUT2D eigenvalue weighted by molar-refractivity contribution is -0.134. The molecule has 0 bridgehead atoms. The van der Waals surface area contributed by atoms with E-state index < -0.39 is 6.10 Å². The molecule has 0 aromatic carbocycles. The van der Waals surface area contributed by atoms with Crippen molar-refractivity contribution in [3.05, 3.63) is 0 Å². The van der Waals surface area contributed by atoms with E-state index in [2.05, 4.69) is 5.32 Å². The van der Waals surface area contributed by atoms with E-state index in [4.69, 9.17) is 0 Å². The van der Waals surface area contributed by atoms with Crippen LogP contribution in [0.4, 0.5) is 4.79 Å². The van der Waals surface area contributed by atoms with Crippen molar-refractivity contribution in [2.45, 2.75) is 18.6 Å². The standard InChI is InChI=1S/C12H22N4O3/c1-14(2)12(19)16-5-3-15(4-6-16)11(18)10-7-9(17)8-13-10/h9-10,13,17H,3-8H2,1-2H3. The number of aliphatic hydroxyl groups excluding tert-OH is 1. The Labute approximate surface area is 113 Å². The molecule has 2 aliphatic rings. The fourth-order valence-electron chi connectivity index (χ4n) is 2.53. The number of carbonyl (C=O) groups is 2. The predicted octanol–water partition coefficient (Wildman–Crippen LogP) is -1.46. The molecular formula is C12H22N4O3. The molecular weight excluding hydrogens is 248 g/mol. The number of nitrogens with one attached hydrogen (secondary N) is 1.